The Morgan fingerprint density at radius 2 is 1.56 bits per heavy atom. The summed E-state index contributed by atoms with van der Waals surface area (Å²) in [7, 11) is 0. The highest BCUT2D eigenvalue weighted by Gasteiger charge is 2.39. The Morgan fingerprint density at radius 1 is 0.912 bits per heavy atom. The van der Waals surface area contributed by atoms with Gasteiger partial charge in [-0.05, 0) is 79.4 Å². The molecular weight excluding hydrogens is 450 g/mol. The lowest BCUT2D eigenvalue weighted by Gasteiger charge is -2.16. The van der Waals surface area contributed by atoms with E-state index in [9.17, 15) is 14.4 Å². The van der Waals surface area contributed by atoms with Crippen LogP contribution in [-0.2, 0) is 16.0 Å². The lowest BCUT2D eigenvalue weighted by Crippen LogP contribution is -2.32. The zero-order chi connectivity index (χ0) is 24.4. The predicted octanol–water partition coefficient (Wildman–Crippen LogP) is 5.55. The van der Waals surface area contributed by atoms with Crippen molar-refractivity contribution in [3.8, 4) is 0 Å². The first-order chi connectivity index (χ1) is 16.3. The van der Waals surface area contributed by atoms with Crippen molar-refractivity contribution in [3.05, 3.63) is 99.7 Å². The standard InChI is InChI=1S/C27H24ClN3O3/c1-4-18-7-5-6-8-22(18)30-25(32)19-9-11-20(12-10-19)29-24-23(28)26(33)31(27(24)34)21-14-16(2)13-17(3)15-21/h5-15,29H,4H2,1-3H3,(H,30,32). The molecule has 1 aliphatic heterocycles. The number of rotatable bonds is 6. The first-order valence-corrected chi connectivity index (χ1v) is 11.3. The summed E-state index contributed by atoms with van der Waals surface area (Å²) in [6.45, 7) is 5.82. The molecule has 3 aromatic rings. The topological polar surface area (TPSA) is 78.5 Å². The molecule has 2 N–H and O–H groups in total. The first kappa shape index (κ1) is 23.3. The second kappa shape index (κ2) is 9.53. The van der Waals surface area contributed by atoms with E-state index in [2.05, 4.69) is 10.6 Å². The molecule has 6 nitrogen and oxygen atoms in total. The zero-order valence-electron chi connectivity index (χ0n) is 19.1. The smallest absolute Gasteiger partial charge is 0.283 e. The fraction of sp³-hybridized carbons (Fsp3) is 0.148. The lowest BCUT2D eigenvalue weighted by atomic mass is 10.1. The minimum atomic E-state index is -0.579. The van der Waals surface area contributed by atoms with Gasteiger partial charge in [0.2, 0.25) is 0 Å². The van der Waals surface area contributed by atoms with Crippen LogP contribution < -0.4 is 15.5 Å². The fourth-order valence-electron chi connectivity index (χ4n) is 3.92. The third-order valence-electron chi connectivity index (χ3n) is 5.55. The number of nitrogens with one attached hydrogen (secondary N) is 2. The van der Waals surface area contributed by atoms with Gasteiger partial charge in [-0.1, -0.05) is 42.8 Å². The van der Waals surface area contributed by atoms with Crippen molar-refractivity contribution in [2.75, 3.05) is 15.5 Å². The average Bonchev–Trinajstić information content (AvgIpc) is 3.02. The van der Waals surface area contributed by atoms with Crippen LogP contribution in [0.4, 0.5) is 17.1 Å². The summed E-state index contributed by atoms with van der Waals surface area (Å²) in [6.07, 6.45) is 0.807. The van der Waals surface area contributed by atoms with E-state index in [0.717, 1.165) is 33.7 Å². The number of benzene rings is 3. The monoisotopic (exact) mass is 473 g/mol. The molecule has 0 fully saturated rings. The van der Waals surface area contributed by atoms with E-state index < -0.39 is 11.8 Å². The maximum atomic E-state index is 13.0. The number of hydrogen-bond donors (Lipinski definition) is 2. The number of amides is 3. The molecule has 0 aliphatic carbocycles. The molecule has 0 atom stereocenters. The van der Waals surface area contributed by atoms with Gasteiger partial charge in [0.15, 0.2) is 0 Å². The summed E-state index contributed by atoms with van der Waals surface area (Å²) in [5.41, 5.74) is 5.15. The second-order valence-electron chi connectivity index (χ2n) is 8.15. The van der Waals surface area contributed by atoms with Crippen molar-refractivity contribution in [1.82, 2.24) is 0 Å². The van der Waals surface area contributed by atoms with Gasteiger partial charge in [-0.3, -0.25) is 14.4 Å². The highest BCUT2D eigenvalue weighted by atomic mass is 35.5. The van der Waals surface area contributed by atoms with Crippen LogP contribution in [0.15, 0.2) is 77.5 Å². The third kappa shape index (κ3) is 4.58. The van der Waals surface area contributed by atoms with Gasteiger partial charge in [0.05, 0.1) is 5.69 Å². The Bertz CT molecular complexity index is 1310. The Balaban J connectivity index is 1.50. The van der Waals surface area contributed by atoms with E-state index in [1.807, 2.05) is 51.1 Å². The van der Waals surface area contributed by atoms with Gasteiger partial charge in [-0.25, -0.2) is 4.90 Å². The van der Waals surface area contributed by atoms with Gasteiger partial charge in [0, 0.05) is 16.9 Å². The van der Waals surface area contributed by atoms with E-state index in [1.54, 1.807) is 36.4 Å². The van der Waals surface area contributed by atoms with Crippen LogP contribution >= 0.6 is 11.6 Å². The van der Waals surface area contributed by atoms with Crippen molar-refractivity contribution >= 4 is 46.4 Å². The van der Waals surface area contributed by atoms with Crippen LogP contribution in [0.3, 0.4) is 0 Å². The van der Waals surface area contributed by atoms with E-state index in [0.29, 0.717) is 16.9 Å². The Kier molecular flexibility index (Phi) is 6.52. The molecule has 0 radical (unpaired) electrons. The average molecular weight is 474 g/mol. The minimum absolute atomic E-state index is 0.0000921. The Hall–Kier alpha value is -3.90. The summed E-state index contributed by atoms with van der Waals surface area (Å²) in [6, 6.07) is 19.7. The summed E-state index contributed by atoms with van der Waals surface area (Å²) in [4.78, 5) is 39.5. The Morgan fingerprint density at radius 3 is 2.21 bits per heavy atom. The molecular formula is C27H24ClN3O3. The van der Waals surface area contributed by atoms with Crippen LogP contribution in [0.2, 0.25) is 0 Å². The molecule has 3 amide bonds. The molecule has 1 aliphatic rings. The summed E-state index contributed by atoms with van der Waals surface area (Å²) >= 11 is 6.24. The molecule has 0 unspecified atom stereocenters. The molecule has 1 heterocycles. The van der Waals surface area contributed by atoms with Gasteiger partial charge in [-0.15, -0.1) is 0 Å². The Labute approximate surface area is 203 Å². The molecule has 0 aromatic heterocycles. The molecule has 0 spiro atoms. The molecule has 4 rings (SSSR count). The molecule has 7 heteroatoms. The highest BCUT2D eigenvalue weighted by molar-refractivity contribution is 6.53. The van der Waals surface area contributed by atoms with Gasteiger partial charge < -0.3 is 10.6 Å². The maximum Gasteiger partial charge on any atom is 0.283 e. The van der Waals surface area contributed by atoms with Crippen LogP contribution in [0, 0.1) is 13.8 Å². The normalized spacial score (nSPS) is 13.5. The third-order valence-corrected chi connectivity index (χ3v) is 5.91. The number of aryl methyl sites for hydroxylation is 3. The van der Waals surface area contributed by atoms with Crippen molar-refractivity contribution < 1.29 is 14.4 Å². The van der Waals surface area contributed by atoms with Crippen LogP contribution in [0.5, 0.6) is 0 Å². The van der Waals surface area contributed by atoms with E-state index in [-0.39, 0.29) is 16.6 Å². The predicted molar refractivity (Wildman–Crippen MR) is 135 cm³/mol. The minimum Gasteiger partial charge on any atom is -0.350 e. The van der Waals surface area contributed by atoms with E-state index in [4.69, 9.17) is 11.6 Å². The van der Waals surface area contributed by atoms with Crippen molar-refractivity contribution in [3.63, 3.8) is 0 Å². The van der Waals surface area contributed by atoms with E-state index >= 15 is 0 Å². The number of imide groups is 1. The van der Waals surface area contributed by atoms with Crippen molar-refractivity contribution in [2.24, 2.45) is 0 Å². The SMILES string of the molecule is CCc1ccccc1NC(=O)c1ccc(NC2=C(Cl)C(=O)N(c3cc(C)cc(C)c3)C2=O)cc1. The summed E-state index contributed by atoms with van der Waals surface area (Å²) in [5, 5.41) is 5.69. The quantitative estimate of drug-likeness (QED) is 0.460. The number of hydrogen-bond acceptors (Lipinski definition) is 4. The number of halogens is 1. The van der Waals surface area contributed by atoms with Gasteiger partial charge in [-0.2, -0.15) is 0 Å². The van der Waals surface area contributed by atoms with Crippen LogP contribution in [0.1, 0.15) is 34.0 Å². The van der Waals surface area contributed by atoms with Gasteiger partial charge in [0.25, 0.3) is 17.7 Å². The van der Waals surface area contributed by atoms with Gasteiger partial charge >= 0.3 is 0 Å². The molecule has 0 saturated carbocycles. The first-order valence-electron chi connectivity index (χ1n) is 10.9. The van der Waals surface area contributed by atoms with Crippen molar-refractivity contribution in [2.45, 2.75) is 27.2 Å². The number of nitrogens with zero attached hydrogens (tertiary/aromatic N) is 1. The van der Waals surface area contributed by atoms with Crippen LogP contribution in [0.25, 0.3) is 0 Å². The van der Waals surface area contributed by atoms with Crippen LogP contribution in [-0.4, -0.2) is 17.7 Å². The largest absolute Gasteiger partial charge is 0.350 e. The molecule has 34 heavy (non-hydrogen) atoms. The molecule has 3 aromatic carbocycles. The second-order valence-corrected chi connectivity index (χ2v) is 8.53. The number of carbonyl (C=O) groups is 3. The maximum absolute atomic E-state index is 13.0. The lowest BCUT2D eigenvalue weighted by molar-refractivity contribution is -0.120. The molecule has 0 saturated heterocycles. The summed E-state index contributed by atoms with van der Waals surface area (Å²) in [5.74, 6) is -1.35. The molecule has 172 valence electrons. The highest BCUT2D eigenvalue weighted by Crippen LogP contribution is 2.31. The van der Waals surface area contributed by atoms with E-state index in [1.165, 1.54) is 0 Å². The zero-order valence-corrected chi connectivity index (χ0v) is 19.9. The van der Waals surface area contributed by atoms with Crippen molar-refractivity contribution in [1.29, 1.82) is 0 Å². The summed E-state index contributed by atoms with van der Waals surface area (Å²) < 4.78 is 0. The number of anilines is 3. The fourth-order valence-corrected chi connectivity index (χ4v) is 4.13. The van der Waals surface area contributed by atoms with Gasteiger partial charge in [0.1, 0.15) is 10.7 Å². The number of para-hydroxylation sites is 1. The number of carbonyl (C=O) groups excluding carboxylic acids is 3. The molecule has 0 bridgehead atoms.